The van der Waals surface area contributed by atoms with Gasteiger partial charge in [0.05, 0.1) is 10.9 Å². The minimum atomic E-state index is -0.617. The summed E-state index contributed by atoms with van der Waals surface area (Å²) in [4.78, 5) is 25.0. The lowest BCUT2D eigenvalue weighted by Gasteiger charge is -2.10. The molecule has 0 aliphatic rings. The molecule has 0 bridgehead atoms. The molecule has 5 nitrogen and oxygen atoms in total. The molecule has 3 rings (SSSR count). The standard InChI is InChI=1S/C18H16FN3O2/c1-10-4-6-14(11(2)8-10)20-18(24)16-17(23)13-9-12(19)5-7-15(13)22(3)21-16/h4-9H,1-3H3,(H,20,24). The Morgan fingerprint density at radius 3 is 2.62 bits per heavy atom. The maximum absolute atomic E-state index is 13.4. The monoisotopic (exact) mass is 325 g/mol. The summed E-state index contributed by atoms with van der Waals surface area (Å²) in [5.74, 6) is -1.15. The highest BCUT2D eigenvalue weighted by atomic mass is 19.1. The summed E-state index contributed by atoms with van der Waals surface area (Å²) in [6, 6.07) is 9.39. The zero-order valence-electron chi connectivity index (χ0n) is 13.6. The number of nitrogens with one attached hydrogen (secondary N) is 1. The number of nitrogens with zero attached hydrogens (tertiary/aromatic N) is 2. The molecule has 24 heavy (non-hydrogen) atoms. The highest BCUT2D eigenvalue weighted by Gasteiger charge is 2.17. The van der Waals surface area contributed by atoms with Crippen LogP contribution in [0, 0.1) is 19.7 Å². The van der Waals surface area contributed by atoms with E-state index in [4.69, 9.17) is 0 Å². The maximum atomic E-state index is 13.4. The molecule has 0 unspecified atom stereocenters. The smallest absolute Gasteiger partial charge is 0.280 e. The van der Waals surface area contributed by atoms with Gasteiger partial charge < -0.3 is 5.32 Å². The first kappa shape index (κ1) is 15.9. The Morgan fingerprint density at radius 1 is 1.17 bits per heavy atom. The summed E-state index contributed by atoms with van der Waals surface area (Å²) in [6.45, 7) is 3.82. The van der Waals surface area contributed by atoms with Crippen LogP contribution >= 0.6 is 0 Å². The fourth-order valence-corrected chi connectivity index (χ4v) is 2.63. The van der Waals surface area contributed by atoms with E-state index < -0.39 is 17.2 Å². The Bertz CT molecular complexity index is 1020. The number of aromatic nitrogens is 2. The number of halogens is 1. The van der Waals surface area contributed by atoms with E-state index in [0.717, 1.165) is 17.2 Å². The molecule has 3 aromatic rings. The third-order valence-electron chi connectivity index (χ3n) is 3.86. The zero-order chi connectivity index (χ0) is 17.4. The highest BCUT2D eigenvalue weighted by molar-refractivity contribution is 6.04. The van der Waals surface area contributed by atoms with Crippen molar-refractivity contribution in [1.82, 2.24) is 9.78 Å². The van der Waals surface area contributed by atoms with Gasteiger partial charge in [0.2, 0.25) is 5.43 Å². The van der Waals surface area contributed by atoms with Crippen molar-refractivity contribution >= 4 is 22.5 Å². The van der Waals surface area contributed by atoms with Crippen LogP contribution < -0.4 is 10.7 Å². The highest BCUT2D eigenvalue weighted by Crippen LogP contribution is 2.17. The average Bonchev–Trinajstić information content (AvgIpc) is 2.53. The van der Waals surface area contributed by atoms with Crippen molar-refractivity contribution in [3.05, 3.63) is 69.3 Å². The molecule has 6 heteroatoms. The van der Waals surface area contributed by atoms with Crippen LogP contribution in [0.15, 0.2) is 41.2 Å². The van der Waals surface area contributed by atoms with Crippen LogP contribution in [-0.2, 0) is 7.05 Å². The number of aryl methyl sites for hydroxylation is 3. The molecule has 0 atom stereocenters. The molecule has 1 amide bonds. The fourth-order valence-electron chi connectivity index (χ4n) is 2.63. The number of hydrogen-bond donors (Lipinski definition) is 1. The third kappa shape index (κ3) is 2.78. The molecule has 0 radical (unpaired) electrons. The number of carbonyl (C=O) groups excluding carboxylic acids is 1. The second-order valence-corrected chi connectivity index (χ2v) is 5.74. The molecular formula is C18H16FN3O2. The topological polar surface area (TPSA) is 64.0 Å². The van der Waals surface area contributed by atoms with Crippen molar-refractivity contribution in [3.8, 4) is 0 Å². The molecule has 0 spiro atoms. The normalized spacial score (nSPS) is 10.8. The van der Waals surface area contributed by atoms with E-state index in [9.17, 15) is 14.0 Å². The summed E-state index contributed by atoms with van der Waals surface area (Å²) >= 11 is 0. The van der Waals surface area contributed by atoms with Crippen LogP contribution in [0.5, 0.6) is 0 Å². The molecule has 0 aliphatic heterocycles. The Hall–Kier alpha value is -3.02. The first-order valence-corrected chi connectivity index (χ1v) is 7.42. The van der Waals surface area contributed by atoms with Gasteiger partial charge in [0.25, 0.3) is 5.91 Å². The van der Waals surface area contributed by atoms with E-state index >= 15 is 0 Å². The largest absolute Gasteiger partial charge is 0.320 e. The molecule has 122 valence electrons. The molecule has 2 aromatic carbocycles. The van der Waals surface area contributed by atoms with Gasteiger partial charge in [-0.25, -0.2) is 4.39 Å². The van der Waals surface area contributed by atoms with Gasteiger partial charge in [-0.1, -0.05) is 17.7 Å². The number of carbonyl (C=O) groups is 1. The van der Waals surface area contributed by atoms with E-state index in [1.54, 1.807) is 13.1 Å². The van der Waals surface area contributed by atoms with E-state index in [1.807, 2.05) is 26.0 Å². The van der Waals surface area contributed by atoms with Crippen molar-refractivity contribution < 1.29 is 9.18 Å². The number of anilines is 1. The molecule has 0 saturated carbocycles. The van der Waals surface area contributed by atoms with E-state index in [0.29, 0.717) is 11.2 Å². The van der Waals surface area contributed by atoms with Crippen LogP contribution in [0.25, 0.3) is 10.9 Å². The van der Waals surface area contributed by atoms with Gasteiger partial charge in [0.15, 0.2) is 5.69 Å². The lowest BCUT2D eigenvalue weighted by molar-refractivity contribution is 0.101. The second-order valence-electron chi connectivity index (χ2n) is 5.74. The third-order valence-corrected chi connectivity index (χ3v) is 3.86. The van der Waals surface area contributed by atoms with E-state index in [2.05, 4.69) is 10.4 Å². The minimum Gasteiger partial charge on any atom is -0.320 e. The van der Waals surface area contributed by atoms with Crippen LogP contribution in [0.4, 0.5) is 10.1 Å². The summed E-state index contributed by atoms with van der Waals surface area (Å²) < 4.78 is 14.8. The molecule has 0 aliphatic carbocycles. The van der Waals surface area contributed by atoms with Gasteiger partial charge in [0.1, 0.15) is 5.82 Å². The number of rotatable bonds is 2. The Balaban J connectivity index is 2.07. The van der Waals surface area contributed by atoms with Gasteiger partial charge in [-0.15, -0.1) is 0 Å². The van der Waals surface area contributed by atoms with Gasteiger partial charge in [-0.3, -0.25) is 14.3 Å². The molecule has 1 aromatic heterocycles. The molecule has 0 saturated heterocycles. The Kier molecular flexibility index (Phi) is 3.89. The Labute approximate surface area is 137 Å². The van der Waals surface area contributed by atoms with Gasteiger partial charge in [0, 0.05) is 12.7 Å². The van der Waals surface area contributed by atoms with Crippen molar-refractivity contribution in [2.24, 2.45) is 7.05 Å². The van der Waals surface area contributed by atoms with Gasteiger partial charge in [-0.2, -0.15) is 5.10 Å². The molecule has 1 N–H and O–H groups in total. The maximum Gasteiger partial charge on any atom is 0.280 e. The number of fused-ring (bicyclic) bond motifs is 1. The van der Waals surface area contributed by atoms with Crippen molar-refractivity contribution in [1.29, 1.82) is 0 Å². The Morgan fingerprint density at radius 2 is 1.92 bits per heavy atom. The van der Waals surface area contributed by atoms with Crippen molar-refractivity contribution in [2.75, 3.05) is 5.32 Å². The number of hydrogen-bond acceptors (Lipinski definition) is 3. The predicted molar refractivity (Wildman–Crippen MR) is 90.8 cm³/mol. The summed E-state index contributed by atoms with van der Waals surface area (Å²) in [5, 5.41) is 6.86. The van der Waals surface area contributed by atoms with Crippen molar-refractivity contribution in [3.63, 3.8) is 0 Å². The summed E-state index contributed by atoms with van der Waals surface area (Å²) in [6.07, 6.45) is 0. The molecule has 0 fully saturated rings. The average molecular weight is 325 g/mol. The van der Waals surface area contributed by atoms with E-state index in [-0.39, 0.29) is 11.1 Å². The van der Waals surface area contributed by atoms with E-state index in [1.165, 1.54) is 16.8 Å². The number of benzene rings is 2. The lowest BCUT2D eigenvalue weighted by atomic mass is 10.1. The fraction of sp³-hybridized carbons (Fsp3) is 0.167. The molecular weight excluding hydrogens is 309 g/mol. The lowest BCUT2D eigenvalue weighted by Crippen LogP contribution is -2.26. The number of amides is 1. The van der Waals surface area contributed by atoms with Gasteiger partial charge in [-0.05, 0) is 43.7 Å². The second kappa shape index (κ2) is 5.88. The minimum absolute atomic E-state index is 0.123. The SMILES string of the molecule is Cc1ccc(NC(=O)c2nn(C)c3ccc(F)cc3c2=O)c(C)c1. The van der Waals surface area contributed by atoms with Gasteiger partial charge >= 0.3 is 0 Å². The summed E-state index contributed by atoms with van der Waals surface area (Å²) in [7, 11) is 1.60. The van der Waals surface area contributed by atoms with Crippen LogP contribution in [0.1, 0.15) is 21.6 Å². The first-order chi connectivity index (χ1) is 11.4. The van der Waals surface area contributed by atoms with Crippen LogP contribution in [-0.4, -0.2) is 15.7 Å². The zero-order valence-corrected chi connectivity index (χ0v) is 13.6. The summed E-state index contributed by atoms with van der Waals surface area (Å²) in [5.41, 5.74) is 2.16. The first-order valence-electron chi connectivity index (χ1n) is 7.42. The van der Waals surface area contributed by atoms with Crippen LogP contribution in [0.3, 0.4) is 0 Å². The van der Waals surface area contributed by atoms with Crippen molar-refractivity contribution in [2.45, 2.75) is 13.8 Å². The quantitative estimate of drug-likeness (QED) is 0.788. The molecule has 1 heterocycles. The predicted octanol–water partition coefficient (Wildman–Crippen LogP) is 2.94. The van der Waals surface area contributed by atoms with Crippen LogP contribution in [0.2, 0.25) is 0 Å².